The SMILES string of the molecule is COc1cc(Br)c(OC)c(C(=O)P(=O)(C(=O)c2c(C(F)(F)F)cccc2C(F)(F)F)c2ccccc2)c1OC. The number of carbonyl (C=O) groups is 2. The molecule has 0 heterocycles. The van der Waals surface area contributed by atoms with E-state index in [-0.39, 0.29) is 28.1 Å². The predicted octanol–water partition coefficient (Wildman–Crippen LogP) is 7.18. The van der Waals surface area contributed by atoms with Crippen LogP contribution in [-0.2, 0) is 16.9 Å². The van der Waals surface area contributed by atoms with E-state index in [4.69, 9.17) is 14.2 Å². The highest BCUT2D eigenvalue weighted by Crippen LogP contribution is 2.58. The third kappa shape index (κ3) is 5.42. The van der Waals surface area contributed by atoms with E-state index in [0.29, 0.717) is 6.07 Å². The average molecular weight is 639 g/mol. The summed E-state index contributed by atoms with van der Waals surface area (Å²) in [5.74, 6) is -0.888. The highest BCUT2D eigenvalue weighted by Gasteiger charge is 2.51. The van der Waals surface area contributed by atoms with Crippen LogP contribution in [0.25, 0.3) is 0 Å². The van der Waals surface area contributed by atoms with Crippen LogP contribution in [-0.4, -0.2) is 32.4 Å². The minimum absolute atomic E-state index is 0.0322. The summed E-state index contributed by atoms with van der Waals surface area (Å²) in [7, 11) is -2.18. The first-order valence-corrected chi connectivity index (χ1v) is 13.2. The molecule has 3 aromatic carbocycles. The molecule has 1 unspecified atom stereocenters. The normalized spacial score (nSPS) is 13.4. The molecule has 0 aliphatic rings. The molecule has 14 heteroatoms. The summed E-state index contributed by atoms with van der Waals surface area (Å²) in [5.41, 5.74) is -10.4. The summed E-state index contributed by atoms with van der Waals surface area (Å²) in [5, 5.41) is -0.604. The lowest BCUT2D eigenvalue weighted by Gasteiger charge is -2.24. The first-order chi connectivity index (χ1) is 18.1. The Morgan fingerprint density at radius 1 is 0.718 bits per heavy atom. The molecule has 6 nitrogen and oxygen atoms in total. The van der Waals surface area contributed by atoms with Gasteiger partial charge in [0.2, 0.25) is 18.2 Å². The molecule has 0 radical (unpaired) electrons. The van der Waals surface area contributed by atoms with Crippen LogP contribution in [0.2, 0.25) is 0 Å². The first kappa shape index (κ1) is 30.2. The number of hydrogen-bond donors (Lipinski definition) is 0. The van der Waals surface area contributed by atoms with E-state index >= 15 is 0 Å². The number of halogens is 7. The molecule has 0 spiro atoms. The van der Waals surface area contributed by atoms with Gasteiger partial charge in [-0.15, -0.1) is 0 Å². The largest absolute Gasteiger partial charge is 0.495 e. The molecule has 0 amide bonds. The van der Waals surface area contributed by atoms with Gasteiger partial charge in [0.05, 0.1) is 42.5 Å². The van der Waals surface area contributed by atoms with Gasteiger partial charge in [-0.2, -0.15) is 26.3 Å². The smallest absolute Gasteiger partial charge is 0.417 e. The van der Waals surface area contributed by atoms with E-state index in [9.17, 15) is 40.5 Å². The van der Waals surface area contributed by atoms with Crippen molar-refractivity contribution in [1.82, 2.24) is 0 Å². The molecule has 1 atom stereocenters. The fourth-order valence-corrected chi connectivity index (χ4v) is 6.76. The third-order valence-corrected chi connectivity index (χ3v) is 8.78. The molecular weight excluding hydrogens is 621 g/mol. The molecule has 0 aliphatic carbocycles. The lowest BCUT2D eigenvalue weighted by Crippen LogP contribution is -2.26. The summed E-state index contributed by atoms with van der Waals surface area (Å²) < 4.78 is 114. The lowest BCUT2D eigenvalue weighted by molar-refractivity contribution is -0.143. The van der Waals surface area contributed by atoms with Crippen molar-refractivity contribution in [2.75, 3.05) is 21.3 Å². The van der Waals surface area contributed by atoms with Crippen LogP contribution in [0.15, 0.2) is 59.1 Å². The van der Waals surface area contributed by atoms with Gasteiger partial charge in [-0.3, -0.25) is 9.59 Å². The molecule has 0 fully saturated rings. The minimum Gasteiger partial charge on any atom is -0.495 e. The maximum Gasteiger partial charge on any atom is 0.417 e. The van der Waals surface area contributed by atoms with Crippen molar-refractivity contribution in [1.29, 1.82) is 0 Å². The van der Waals surface area contributed by atoms with E-state index in [2.05, 4.69) is 15.9 Å². The Bertz CT molecular complexity index is 1440. The zero-order chi connectivity index (χ0) is 29.3. The molecule has 39 heavy (non-hydrogen) atoms. The summed E-state index contributed by atoms with van der Waals surface area (Å²) in [6.45, 7) is 0. The second kappa shape index (κ2) is 11.1. The summed E-state index contributed by atoms with van der Waals surface area (Å²) in [6, 6.07) is 8.06. The molecule has 0 aromatic heterocycles. The van der Waals surface area contributed by atoms with E-state index in [1.807, 2.05) is 0 Å². The molecule has 208 valence electrons. The number of alkyl halides is 6. The first-order valence-electron chi connectivity index (χ1n) is 10.7. The number of methoxy groups -OCH3 is 3. The van der Waals surface area contributed by atoms with Crippen molar-refractivity contribution >= 4 is 39.4 Å². The Morgan fingerprint density at radius 3 is 1.64 bits per heavy atom. The number of rotatable bonds is 8. The monoisotopic (exact) mass is 638 g/mol. The van der Waals surface area contributed by atoms with Gasteiger partial charge in [-0.1, -0.05) is 36.4 Å². The highest BCUT2D eigenvalue weighted by molar-refractivity contribution is 9.10. The molecule has 3 rings (SSSR count). The van der Waals surface area contributed by atoms with E-state index in [1.54, 1.807) is 0 Å². The second-order valence-electron chi connectivity index (χ2n) is 7.78. The van der Waals surface area contributed by atoms with Crippen LogP contribution >= 0.6 is 23.1 Å². The Morgan fingerprint density at radius 2 is 1.21 bits per heavy atom. The van der Waals surface area contributed by atoms with Crippen LogP contribution in [0.4, 0.5) is 26.3 Å². The lowest BCUT2D eigenvalue weighted by atomic mass is 10.0. The Kier molecular flexibility index (Phi) is 8.57. The van der Waals surface area contributed by atoms with Gasteiger partial charge in [0.1, 0.15) is 11.3 Å². The molecule has 0 saturated heterocycles. The van der Waals surface area contributed by atoms with E-state index in [0.717, 1.165) is 26.4 Å². The Balaban J connectivity index is 2.51. The van der Waals surface area contributed by atoms with Gasteiger partial charge in [0, 0.05) is 11.4 Å². The molecule has 0 N–H and O–H groups in total. The topological polar surface area (TPSA) is 78.9 Å². The van der Waals surface area contributed by atoms with Crippen LogP contribution in [0.1, 0.15) is 31.8 Å². The molecular formula is C25H18BrF6O6P. The van der Waals surface area contributed by atoms with Gasteiger partial charge in [-0.25, -0.2) is 0 Å². The van der Waals surface area contributed by atoms with E-state index in [1.165, 1.54) is 31.4 Å². The Labute approximate surface area is 226 Å². The number of hydrogen-bond acceptors (Lipinski definition) is 6. The van der Waals surface area contributed by atoms with E-state index < -0.39 is 63.9 Å². The highest BCUT2D eigenvalue weighted by atomic mass is 79.9. The molecule has 3 aromatic rings. The van der Waals surface area contributed by atoms with Gasteiger partial charge >= 0.3 is 12.4 Å². The average Bonchev–Trinajstić information content (AvgIpc) is 2.90. The summed E-state index contributed by atoms with van der Waals surface area (Å²) in [6.07, 6.45) is -10.9. The zero-order valence-corrected chi connectivity index (χ0v) is 22.7. The Hall–Kier alpha value is -3.31. The third-order valence-electron chi connectivity index (χ3n) is 5.58. The maximum absolute atomic E-state index is 14.6. The van der Waals surface area contributed by atoms with Gasteiger partial charge in [-0.05, 0) is 28.1 Å². The predicted molar refractivity (Wildman–Crippen MR) is 133 cm³/mol. The molecule has 0 saturated carbocycles. The van der Waals surface area contributed by atoms with Crippen LogP contribution in [0.3, 0.4) is 0 Å². The molecule has 0 bridgehead atoms. The summed E-state index contributed by atoms with van der Waals surface area (Å²) >= 11 is 3.13. The zero-order valence-electron chi connectivity index (χ0n) is 20.2. The van der Waals surface area contributed by atoms with Crippen molar-refractivity contribution in [3.8, 4) is 17.2 Å². The number of benzene rings is 3. The van der Waals surface area contributed by atoms with Crippen molar-refractivity contribution in [2.45, 2.75) is 12.4 Å². The van der Waals surface area contributed by atoms with Crippen molar-refractivity contribution < 1.29 is 54.7 Å². The van der Waals surface area contributed by atoms with Crippen molar-refractivity contribution in [3.05, 3.63) is 81.3 Å². The minimum atomic E-state index is -5.54. The summed E-state index contributed by atoms with van der Waals surface area (Å²) in [4.78, 5) is 27.9. The van der Waals surface area contributed by atoms with Crippen molar-refractivity contribution in [2.24, 2.45) is 0 Å². The van der Waals surface area contributed by atoms with Gasteiger partial charge < -0.3 is 18.8 Å². The fraction of sp³-hybridized carbons (Fsp3) is 0.200. The van der Waals surface area contributed by atoms with Gasteiger partial charge in [0.25, 0.3) is 0 Å². The fourth-order valence-electron chi connectivity index (χ4n) is 3.87. The second-order valence-corrected chi connectivity index (χ2v) is 11.2. The number of carbonyl (C=O) groups excluding carboxylic acids is 2. The van der Waals surface area contributed by atoms with Gasteiger partial charge in [0.15, 0.2) is 11.5 Å². The van der Waals surface area contributed by atoms with Crippen molar-refractivity contribution in [3.63, 3.8) is 0 Å². The standard InChI is InChI=1S/C25H18BrF6O6P/c1-36-17-12-16(26)20(37-2)19(21(17)38-3)23(34)39(35,13-8-5-4-6-9-13)22(33)18-14(24(27,28)29)10-7-11-15(18)25(30,31)32/h4-12H,1-3H3. The van der Waals surface area contributed by atoms with Crippen LogP contribution in [0.5, 0.6) is 17.2 Å². The number of ether oxygens (including phenoxy) is 3. The quantitative estimate of drug-likeness (QED) is 0.192. The van der Waals surface area contributed by atoms with Crippen LogP contribution in [0, 0.1) is 0 Å². The molecule has 0 aliphatic heterocycles. The van der Waals surface area contributed by atoms with Crippen LogP contribution < -0.4 is 19.5 Å². The maximum atomic E-state index is 14.6.